The summed E-state index contributed by atoms with van der Waals surface area (Å²) in [6.07, 6.45) is 0. The van der Waals surface area contributed by atoms with Crippen LogP contribution >= 0.6 is 23.2 Å². The lowest BCUT2D eigenvalue weighted by Gasteiger charge is -2.11. The van der Waals surface area contributed by atoms with E-state index < -0.39 is 0 Å². The van der Waals surface area contributed by atoms with Crippen molar-refractivity contribution in [3.63, 3.8) is 0 Å². The average Bonchev–Trinajstić information content (AvgIpc) is 3.10. The SMILES string of the molecule is CCOC(=O)c1c(C)n(-c2ccc(OC)cc2)c2ccc(OCc3c(Cl)cccc3Cl)cc12. The highest BCUT2D eigenvalue weighted by molar-refractivity contribution is 6.35. The van der Waals surface area contributed by atoms with Crippen LogP contribution in [-0.4, -0.2) is 24.3 Å². The van der Waals surface area contributed by atoms with E-state index in [2.05, 4.69) is 0 Å². The molecule has 0 radical (unpaired) electrons. The van der Waals surface area contributed by atoms with Gasteiger partial charge in [-0.05, 0) is 68.4 Å². The van der Waals surface area contributed by atoms with Gasteiger partial charge in [-0.1, -0.05) is 29.3 Å². The predicted octanol–water partition coefficient (Wildman–Crippen LogP) is 7.01. The minimum atomic E-state index is -0.376. The second kappa shape index (κ2) is 9.77. The summed E-state index contributed by atoms with van der Waals surface area (Å²) in [6.45, 7) is 4.18. The van der Waals surface area contributed by atoms with Gasteiger partial charge in [0.1, 0.15) is 18.1 Å². The van der Waals surface area contributed by atoms with Crippen LogP contribution in [0.4, 0.5) is 0 Å². The third-order valence-corrected chi connectivity index (χ3v) is 6.14. The lowest BCUT2D eigenvalue weighted by atomic mass is 10.1. The van der Waals surface area contributed by atoms with Crippen LogP contribution in [0.25, 0.3) is 16.6 Å². The normalized spacial score (nSPS) is 10.9. The van der Waals surface area contributed by atoms with Crippen molar-refractivity contribution in [2.45, 2.75) is 20.5 Å². The van der Waals surface area contributed by atoms with Gasteiger partial charge in [-0.2, -0.15) is 0 Å². The van der Waals surface area contributed by atoms with E-state index in [1.165, 1.54) is 0 Å². The molecule has 3 aromatic carbocycles. The van der Waals surface area contributed by atoms with Crippen LogP contribution in [0.2, 0.25) is 10.0 Å². The lowest BCUT2D eigenvalue weighted by molar-refractivity contribution is 0.0527. The number of ether oxygens (including phenoxy) is 3. The Morgan fingerprint density at radius 3 is 2.27 bits per heavy atom. The summed E-state index contributed by atoms with van der Waals surface area (Å²) in [5.74, 6) is 0.974. The zero-order valence-electron chi connectivity index (χ0n) is 18.5. The molecule has 5 nitrogen and oxygen atoms in total. The number of carbonyl (C=O) groups excluding carboxylic acids is 1. The molecule has 0 spiro atoms. The summed E-state index contributed by atoms with van der Waals surface area (Å²) in [4.78, 5) is 12.9. The highest BCUT2D eigenvalue weighted by Crippen LogP contribution is 2.34. The third-order valence-electron chi connectivity index (χ3n) is 5.43. The Bertz CT molecular complexity index is 1290. The summed E-state index contributed by atoms with van der Waals surface area (Å²) in [7, 11) is 1.63. The molecular weight excluding hydrogens is 461 g/mol. The number of aromatic nitrogens is 1. The third kappa shape index (κ3) is 4.52. The molecule has 33 heavy (non-hydrogen) atoms. The highest BCUT2D eigenvalue weighted by Gasteiger charge is 2.22. The highest BCUT2D eigenvalue weighted by atomic mass is 35.5. The van der Waals surface area contributed by atoms with Crippen molar-refractivity contribution < 1.29 is 19.0 Å². The van der Waals surface area contributed by atoms with Crippen molar-refractivity contribution >= 4 is 40.1 Å². The minimum absolute atomic E-state index is 0.205. The number of rotatable bonds is 7. The monoisotopic (exact) mass is 483 g/mol. The summed E-state index contributed by atoms with van der Waals surface area (Å²) >= 11 is 12.5. The van der Waals surface area contributed by atoms with Crippen molar-refractivity contribution in [1.82, 2.24) is 4.57 Å². The molecule has 0 saturated carbocycles. The number of hydrogen-bond acceptors (Lipinski definition) is 4. The molecular formula is C26H23Cl2NO4. The van der Waals surface area contributed by atoms with Gasteiger partial charge in [-0.3, -0.25) is 0 Å². The van der Waals surface area contributed by atoms with Crippen molar-refractivity contribution in [2.75, 3.05) is 13.7 Å². The molecule has 0 atom stereocenters. The quantitative estimate of drug-likeness (QED) is 0.265. The van der Waals surface area contributed by atoms with E-state index >= 15 is 0 Å². The smallest absolute Gasteiger partial charge is 0.340 e. The van der Waals surface area contributed by atoms with E-state index in [4.69, 9.17) is 37.4 Å². The van der Waals surface area contributed by atoms with Crippen molar-refractivity contribution in [3.05, 3.63) is 87.5 Å². The van der Waals surface area contributed by atoms with Gasteiger partial charge >= 0.3 is 5.97 Å². The van der Waals surface area contributed by atoms with Crippen LogP contribution in [0.1, 0.15) is 28.5 Å². The topological polar surface area (TPSA) is 49.7 Å². The van der Waals surface area contributed by atoms with E-state index in [1.54, 1.807) is 32.2 Å². The molecule has 4 rings (SSSR count). The first-order valence-corrected chi connectivity index (χ1v) is 11.2. The first kappa shape index (κ1) is 23.0. The van der Waals surface area contributed by atoms with Crippen LogP contribution in [0, 0.1) is 6.92 Å². The molecule has 0 aliphatic heterocycles. The van der Waals surface area contributed by atoms with Gasteiger partial charge in [0, 0.05) is 32.4 Å². The number of hydrogen-bond donors (Lipinski definition) is 0. The summed E-state index contributed by atoms with van der Waals surface area (Å²) in [6, 6.07) is 18.6. The minimum Gasteiger partial charge on any atom is -0.497 e. The first-order chi connectivity index (χ1) is 15.9. The molecule has 0 N–H and O–H groups in total. The lowest BCUT2D eigenvalue weighted by Crippen LogP contribution is -2.07. The maximum atomic E-state index is 12.9. The maximum absolute atomic E-state index is 12.9. The number of esters is 1. The Kier molecular flexibility index (Phi) is 6.82. The Morgan fingerprint density at radius 1 is 0.970 bits per heavy atom. The average molecular weight is 484 g/mol. The largest absolute Gasteiger partial charge is 0.497 e. The van der Waals surface area contributed by atoms with Crippen LogP contribution in [0.3, 0.4) is 0 Å². The molecule has 0 aliphatic carbocycles. The number of benzene rings is 3. The van der Waals surface area contributed by atoms with E-state index in [-0.39, 0.29) is 19.2 Å². The molecule has 170 valence electrons. The van der Waals surface area contributed by atoms with Crippen molar-refractivity contribution in [1.29, 1.82) is 0 Å². The van der Waals surface area contributed by atoms with Gasteiger partial charge < -0.3 is 18.8 Å². The number of halogens is 2. The van der Waals surface area contributed by atoms with E-state index in [1.807, 2.05) is 54.0 Å². The Morgan fingerprint density at radius 2 is 1.64 bits per heavy atom. The molecule has 0 bridgehead atoms. The molecule has 0 aliphatic rings. The Hall–Kier alpha value is -3.15. The van der Waals surface area contributed by atoms with Crippen LogP contribution < -0.4 is 9.47 Å². The zero-order chi connectivity index (χ0) is 23.5. The molecule has 1 aromatic heterocycles. The van der Waals surface area contributed by atoms with Crippen LogP contribution in [0.15, 0.2) is 60.7 Å². The molecule has 7 heteroatoms. The number of methoxy groups -OCH3 is 1. The van der Waals surface area contributed by atoms with E-state index in [0.717, 1.165) is 28.0 Å². The standard InChI is InChI=1S/C26H23Cl2NO4/c1-4-32-26(30)25-16(2)29(17-8-10-18(31-3)11-9-17)24-13-12-19(14-20(24)25)33-15-21-22(27)6-5-7-23(21)28/h5-14H,4,15H2,1-3H3. The molecule has 4 aromatic rings. The van der Waals surface area contributed by atoms with E-state index in [0.29, 0.717) is 26.9 Å². The second-order valence-electron chi connectivity index (χ2n) is 7.38. The Labute approximate surface area is 202 Å². The number of nitrogens with zero attached hydrogens (tertiary/aromatic N) is 1. The van der Waals surface area contributed by atoms with E-state index in [9.17, 15) is 4.79 Å². The van der Waals surface area contributed by atoms with Gasteiger partial charge in [0.2, 0.25) is 0 Å². The van der Waals surface area contributed by atoms with Gasteiger partial charge in [0.25, 0.3) is 0 Å². The van der Waals surface area contributed by atoms with Crippen molar-refractivity contribution in [2.24, 2.45) is 0 Å². The predicted molar refractivity (Wildman–Crippen MR) is 131 cm³/mol. The van der Waals surface area contributed by atoms with Crippen molar-refractivity contribution in [3.8, 4) is 17.2 Å². The summed E-state index contributed by atoms with van der Waals surface area (Å²) in [5.41, 5.74) is 3.76. The number of carbonyl (C=O) groups is 1. The molecule has 0 amide bonds. The van der Waals surface area contributed by atoms with Gasteiger partial charge in [-0.15, -0.1) is 0 Å². The molecule has 0 unspecified atom stereocenters. The first-order valence-electron chi connectivity index (χ1n) is 10.5. The van der Waals surface area contributed by atoms with Crippen LogP contribution in [-0.2, 0) is 11.3 Å². The molecule has 1 heterocycles. The van der Waals surface area contributed by atoms with Crippen LogP contribution in [0.5, 0.6) is 11.5 Å². The fourth-order valence-corrected chi connectivity index (χ4v) is 4.34. The molecule has 0 fully saturated rings. The Balaban J connectivity index is 1.79. The second-order valence-corrected chi connectivity index (χ2v) is 8.20. The van der Waals surface area contributed by atoms with Gasteiger partial charge in [-0.25, -0.2) is 4.79 Å². The molecule has 0 saturated heterocycles. The number of fused-ring (bicyclic) bond motifs is 1. The maximum Gasteiger partial charge on any atom is 0.340 e. The zero-order valence-corrected chi connectivity index (χ0v) is 20.0. The summed E-state index contributed by atoms with van der Waals surface area (Å²) < 4.78 is 18.6. The summed E-state index contributed by atoms with van der Waals surface area (Å²) in [5, 5.41) is 1.82. The fourth-order valence-electron chi connectivity index (χ4n) is 3.84. The van der Waals surface area contributed by atoms with Gasteiger partial charge in [0.05, 0.1) is 24.8 Å². The van der Waals surface area contributed by atoms with Gasteiger partial charge in [0.15, 0.2) is 0 Å². The fraction of sp³-hybridized carbons (Fsp3) is 0.192.